The zero-order valence-electron chi connectivity index (χ0n) is 17.1. The Morgan fingerprint density at radius 3 is 2.61 bits per heavy atom. The van der Waals surface area contributed by atoms with Crippen molar-refractivity contribution >= 4 is 11.9 Å². The SMILES string of the molecule is COC(=O)C1Cc2ccccc2CN1C(=O)c1noc(C)c1COc1ccccc1F. The summed E-state index contributed by atoms with van der Waals surface area (Å²) in [5.74, 6) is -1.06. The number of hydrogen-bond acceptors (Lipinski definition) is 6. The smallest absolute Gasteiger partial charge is 0.328 e. The Kier molecular flexibility index (Phi) is 5.70. The van der Waals surface area contributed by atoms with Crippen LogP contribution >= 0.6 is 0 Å². The highest BCUT2D eigenvalue weighted by molar-refractivity contribution is 5.96. The Labute approximate surface area is 178 Å². The summed E-state index contributed by atoms with van der Waals surface area (Å²) in [5.41, 5.74) is 2.36. The zero-order chi connectivity index (χ0) is 22.0. The van der Waals surface area contributed by atoms with E-state index >= 15 is 0 Å². The van der Waals surface area contributed by atoms with E-state index in [4.69, 9.17) is 14.0 Å². The van der Waals surface area contributed by atoms with Gasteiger partial charge in [-0.2, -0.15) is 0 Å². The first-order chi connectivity index (χ1) is 15.0. The number of carbonyl (C=O) groups excluding carboxylic acids is 2. The van der Waals surface area contributed by atoms with Crippen LogP contribution in [0, 0.1) is 12.7 Å². The van der Waals surface area contributed by atoms with Gasteiger partial charge in [-0.3, -0.25) is 4.79 Å². The van der Waals surface area contributed by atoms with Crippen molar-refractivity contribution in [2.24, 2.45) is 0 Å². The van der Waals surface area contributed by atoms with Gasteiger partial charge in [0.15, 0.2) is 17.3 Å². The normalized spacial score (nSPS) is 15.3. The second-order valence-corrected chi connectivity index (χ2v) is 7.23. The van der Waals surface area contributed by atoms with E-state index in [1.54, 1.807) is 19.1 Å². The molecule has 0 bridgehead atoms. The highest BCUT2D eigenvalue weighted by Crippen LogP contribution is 2.27. The number of carbonyl (C=O) groups is 2. The van der Waals surface area contributed by atoms with Gasteiger partial charge in [-0.1, -0.05) is 41.6 Å². The summed E-state index contributed by atoms with van der Waals surface area (Å²) in [5, 5.41) is 3.91. The van der Waals surface area contributed by atoms with Crippen LogP contribution in [0.25, 0.3) is 0 Å². The van der Waals surface area contributed by atoms with E-state index in [9.17, 15) is 14.0 Å². The minimum absolute atomic E-state index is 0.0297. The van der Waals surface area contributed by atoms with Crippen LogP contribution in [0.4, 0.5) is 4.39 Å². The highest BCUT2D eigenvalue weighted by Gasteiger charge is 2.38. The maximum atomic E-state index is 13.9. The summed E-state index contributed by atoms with van der Waals surface area (Å²) in [7, 11) is 1.29. The Morgan fingerprint density at radius 2 is 1.87 bits per heavy atom. The summed E-state index contributed by atoms with van der Waals surface area (Å²) in [6, 6.07) is 12.8. The van der Waals surface area contributed by atoms with Gasteiger partial charge in [-0.25, -0.2) is 9.18 Å². The van der Waals surface area contributed by atoms with E-state index in [0.717, 1.165) is 11.1 Å². The van der Waals surface area contributed by atoms with Crippen LogP contribution in [0.15, 0.2) is 53.1 Å². The van der Waals surface area contributed by atoms with Crippen molar-refractivity contribution < 1.29 is 28.0 Å². The van der Waals surface area contributed by atoms with E-state index in [-0.39, 0.29) is 24.6 Å². The number of aryl methyl sites for hydroxylation is 1. The number of fused-ring (bicyclic) bond motifs is 1. The molecule has 0 fully saturated rings. The van der Waals surface area contributed by atoms with Gasteiger partial charge in [0.2, 0.25) is 0 Å². The molecule has 2 aromatic carbocycles. The average molecular weight is 424 g/mol. The second kappa shape index (κ2) is 8.59. The van der Waals surface area contributed by atoms with Crippen molar-refractivity contribution in [3.8, 4) is 5.75 Å². The molecule has 8 heteroatoms. The molecule has 0 N–H and O–H groups in total. The summed E-state index contributed by atoms with van der Waals surface area (Å²) >= 11 is 0. The molecule has 3 aromatic rings. The third kappa shape index (κ3) is 4.01. The Balaban J connectivity index is 1.62. The lowest BCUT2D eigenvalue weighted by Crippen LogP contribution is -2.49. The van der Waals surface area contributed by atoms with Crippen LogP contribution in [-0.2, 0) is 29.1 Å². The highest BCUT2D eigenvalue weighted by atomic mass is 19.1. The summed E-state index contributed by atoms with van der Waals surface area (Å²) in [6.07, 6.45) is 0.340. The van der Waals surface area contributed by atoms with Crippen molar-refractivity contribution in [2.45, 2.75) is 32.5 Å². The first-order valence-electron chi connectivity index (χ1n) is 9.77. The lowest BCUT2D eigenvalue weighted by atomic mass is 9.93. The zero-order valence-corrected chi connectivity index (χ0v) is 17.1. The van der Waals surface area contributed by atoms with E-state index in [1.165, 1.54) is 24.1 Å². The number of para-hydroxylation sites is 1. The molecule has 31 heavy (non-hydrogen) atoms. The fourth-order valence-corrected chi connectivity index (χ4v) is 3.66. The van der Waals surface area contributed by atoms with Crippen molar-refractivity contribution in [3.63, 3.8) is 0 Å². The van der Waals surface area contributed by atoms with Crippen LogP contribution in [-0.4, -0.2) is 35.1 Å². The Morgan fingerprint density at radius 1 is 1.16 bits per heavy atom. The number of ether oxygens (including phenoxy) is 2. The van der Waals surface area contributed by atoms with Crippen LogP contribution in [0.5, 0.6) is 5.75 Å². The summed E-state index contributed by atoms with van der Waals surface area (Å²) in [4.78, 5) is 27.3. The number of benzene rings is 2. The van der Waals surface area contributed by atoms with Crippen molar-refractivity contribution in [2.75, 3.05) is 7.11 Å². The minimum atomic E-state index is -0.787. The van der Waals surface area contributed by atoms with Crippen LogP contribution in [0.3, 0.4) is 0 Å². The molecule has 0 radical (unpaired) electrons. The van der Waals surface area contributed by atoms with Gasteiger partial charge in [0.1, 0.15) is 18.4 Å². The molecule has 1 aliphatic rings. The monoisotopic (exact) mass is 424 g/mol. The fourth-order valence-electron chi connectivity index (χ4n) is 3.66. The van der Waals surface area contributed by atoms with Gasteiger partial charge in [0.05, 0.1) is 12.7 Å². The molecule has 0 aliphatic carbocycles. The first kappa shape index (κ1) is 20.6. The van der Waals surface area contributed by atoms with E-state index in [2.05, 4.69) is 5.16 Å². The molecular weight excluding hydrogens is 403 g/mol. The number of esters is 1. The molecule has 0 saturated carbocycles. The Hall–Kier alpha value is -3.68. The quantitative estimate of drug-likeness (QED) is 0.584. The molecule has 7 nitrogen and oxygen atoms in total. The molecule has 0 spiro atoms. The second-order valence-electron chi connectivity index (χ2n) is 7.23. The molecular formula is C23H21FN2O5. The third-order valence-corrected chi connectivity index (χ3v) is 5.38. The van der Waals surface area contributed by atoms with Crippen LogP contribution < -0.4 is 4.74 Å². The molecule has 1 aromatic heterocycles. The summed E-state index contributed by atoms with van der Waals surface area (Å²) in [6.45, 7) is 1.77. The van der Waals surface area contributed by atoms with Crippen LogP contribution in [0.2, 0.25) is 0 Å². The van der Waals surface area contributed by atoms with Gasteiger partial charge in [-0.15, -0.1) is 0 Å². The summed E-state index contributed by atoms with van der Waals surface area (Å²) < 4.78 is 29.6. The number of amides is 1. The number of nitrogens with zero attached hydrogens (tertiary/aromatic N) is 2. The molecule has 160 valence electrons. The van der Waals surface area contributed by atoms with E-state index in [1.807, 2.05) is 24.3 Å². The van der Waals surface area contributed by atoms with Crippen molar-refractivity contribution in [3.05, 3.63) is 82.5 Å². The molecule has 1 unspecified atom stereocenters. The topological polar surface area (TPSA) is 81.9 Å². The van der Waals surface area contributed by atoms with Gasteiger partial charge < -0.3 is 18.9 Å². The molecule has 1 atom stereocenters. The molecule has 0 saturated heterocycles. The van der Waals surface area contributed by atoms with E-state index < -0.39 is 23.7 Å². The standard InChI is InChI=1S/C23H21FN2O5/c1-14-17(13-30-20-10-6-5-9-18(20)24)21(25-31-14)22(27)26-12-16-8-4-3-7-15(16)11-19(26)23(28)29-2/h3-10,19H,11-13H2,1-2H3. The lowest BCUT2D eigenvalue weighted by molar-refractivity contribution is -0.146. The number of hydrogen-bond donors (Lipinski definition) is 0. The van der Waals surface area contributed by atoms with Crippen molar-refractivity contribution in [1.82, 2.24) is 10.1 Å². The lowest BCUT2D eigenvalue weighted by Gasteiger charge is -2.34. The fraction of sp³-hybridized carbons (Fsp3) is 0.261. The van der Waals surface area contributed by atoms with Crippen LogP contribution in [0.1, 0.15) is 32.9 Å². The molecule has 1 amide bonds. The molecule has 1 aliphatic heterocycles. The van der Waals surface area contributed by atoms with Gasteiger partial charge >= 0.3 is 5.97 Å². The number of aromatic nitrogens is 1. The molecule has 2 heterocycles. The van der Waals surface area contributed by atoms with Gasteiger partial charge in [-0.05, 0) is 30.2 Å². The molecule has 4 rings (SSSR count). The predicted octanol–water partition coefficient (Wildman–Crippen LogP) is 3.44. The Bertz CT molecular complexity index is 1130. The van der Waals surface area contributed by atoms with Crippen molar-refractivity contribution in [1.29, 1.82) is 0 Å². The largest absolute Gasteiger partial charge is 0.486 e. The van der Waals surface area contributed by atoms with E-state index in [0.29, 0.717) is 17.7 Å². The third-order valence-electron chi connectivity index (χ3n) is 5.38. The minimum Gasteiger partial charge on any atom is -0.486 e. The predicted molar refractivity (Wildman–Crippen MR) is 108 cm³/mol. The number of halogens is 1. The first-order valence-corrected chi connectivity index (χ1v) is 9.77. The average Bonchev–Trinajstić information content (AvgIpc) is 3.16. The van der Waals surface area contributed by atoms with Gasteiger partial charge in [0, 0.05) is 13.0 Å². The maximum absolute atomic E-state index is 13.9. The number of rotatable bonds is 5. The number of methoxy groups -OCH3 is 1. The van der Waals surface area contributed by atoms with Gasteiger partial charge in [0.25, 0.3) is 5.91 Å². The maximum Gasteiger partial charge on any atom is 0.328 e.